The fourth-order valence-electron chi connectivity index (χ4n) is 1.46. The molecule has 0 N–H and O–H groups in total. The van der Waals surface area contributed by atoms with Gasteiger partial charge in [-0.25, -0.2) is 0 Å². The molecule has 2 nitrogen and oxygen atoms in total. The Morgan fingerprint density at radius 3 is 2.93 bits per heavy atom. The van der Waals surface area contributed by atoms with Crippen LogP contribution in [0.25, 0.3) is 4.48 Å². The van der Waals surface area contributed by atoms with Gasteiger partial charge in [-0.1, -0.05) is 15.9 Å². The highest BCUT2D eigenvalue weighted by molar-refractivity contribution is 9.15. The third kappa shape index (κ3) is 1.64. The van der Waals surface area contributed by atoms with Gasteiger partial charge in [-0.15, -0.1) is 0 Å². The van der Waals surface area contributed by atoms with Crippen LogP contribution in [-0.4, -0.2) is 13.2 Å². The summed E-state index contributed by atoms with van der Waals surface area (Å²) >= 11 is 3.52. The van der Waals surface area contributed by atoms with Crippen LogP contribution in [0.3, 0.4) is 0 Å². The highest BCUT2D eigenvalue weighted by Crippen LogP contribution is 2.37. The van der Waals surface area contributed by atoms with Crippen molar-refractivity contribution in [3.63, 3.8) is 0 Å². The van der Waals surface area contributed by atoms with E-state index in [2.05, 4.69) is 15.9 Å². The van der Waals surface area contributed by atoms with E-state index in [-0.39, 0.29) is 6.10 Å². The van der Waals surface area contributed by atoms with Crippen molar-refractivity contribution >= 4 is 20.4 Å². The molecule has 0 fully saturated rings. The zero-order valence-electron chi connectivity index (χ0n) is 8.08. The van der Waals surface area contributed by atoms with Crippen molar-refractivity contribution < 1.29 is 9.47 Å². The van der Waals surface area contributed by atoms with Gasteiger partial charge in [0.05, 0.1) is 7.11 Å². The first kappa shape index (κ1) is 9.59. The molecule has 1 aromatic rings. The third-order valence-corrected chi connectivity index (χ3v) is 2.83. The number of hydrogen-bond donors (Lipinski definition) is 0. The van der Waals surface area contributed by atoms with Crippen LogP contribution in [0.15, 0.2) is 24.3 Å². The Morgan fingerprint density at radius 2 is 2.21 bits per heavy atom. The molecule has 1 aromatic carbocycles. The molecule has 0 bridgehead atoms. The number of benzene rings is 1. The van der Waals surface area contributed by atoms with Crippen LogP contribution in [0.4, 0.5) is 0 Å². The summed E-state index contributed by atoms with van der Waals surface area (Å²) in [6, 6.07) is 5.79. The summed E-state index contributed by atoms with van der Waals surface area (Å²) in [5.74, 6) is 1.74. The van der Waals surface area contributed by atoms with Gasteiger partial charge in [-0.3, -0.25) is 0 Å². The van der Waals surface area contributed by atoms with E-state index in [4.69, 9.17) is 9.47 Å². The van der Waals surface area contributed by atoms with Crippen LogP contribution in [-0.2, 0) is 0 Å². The SMILES string of the molecule is COc1ccc2c(c1)C(Br)=CC(C)O2. The van der Waals surface area contributed by atoms with Gasteiger partial charge in [0.2, 0.25) is 0 Å². The lowest BCUT2D eigenvalue weighted by Crippen LogP contribution is -2.13. The fraction of sp³-hybridized carbons (Fsp3) is 0.273. The van der Waals surface area contributed by atoms with Gasteiger partial charge < -0.3 is 9.47 Å². The molecule has 14 heavy (non-hydrogen) atoms. The molecule has 1 aliphatic heterocycles. The fourth-order valence-corrected chi connectivity index (χ4v) is 2.14. The molecule has 0 aliphatic carbocycles. The number of methoxy groups -OCH3 is 1. The molecule has 0 saturated carbocycles. The van der Waals surface area contributed by atoms with E-state index in [0.29, 0.717) is 0 Å². The summed E-state index contributed by atoms with van der Waals surface area (Å²) in [5.41, 5.74) is 1.04. The molecular formula is C11H11BrO2. The first-order valence-electron chi connectivity index (χ1n) is 4.43. The van der Waals surface area contributed by atoms with Crippen molar-refractivity contribution in [1.82, 2.24) is 0 Å². The highest BCUT2D eigenvalue weighted by Gasteiger charge is 2.16. The summed E-state index contributed by atoms with van der Waals surface area (Å²) in [6.07, 6.45) is 2.15. The first-order chi connectivity index (χ1) is 6.70. The van der Waals surface area contributed by atoms with E-state index in [1.54, 1.807) is 7.11 Å². The molecule has 74 valence electrons. The second kappa shape index (κ2) is 3.65. The van der Waals surface area contributed by atoms with Crippen molar-refractivity contribution in [2.45, 2.75) is 13.0 Å². The minimum absolute atomic E-state index is 0.116. The lowest BCUT2D eigenvalue weighted by molar-refractivity contribution is 0.265. The Hall–Kier alpha value is -0.960. The Kier molecular flexibility index (Phi) is 2.50. The Balaban J connectivity index is 2.48. The summed E-state index contributed by atoms with van der Waals surface area (Å²) < 4.78 is 11.9. The van der Waals surface area contributed by atoms with Crippen molar-refractivity contribution in [1.29, 1.82) is 0 Å². The van der Waals surface area contributed by atoms with Gasteiger partial charge >= 0.3 is 0 Å². The summed E-state index contributed by atoms with van der Waals surface area (Å²) in [5, 5.41) is 0. The minimum atomic E-state index is 0.116. The maximum atomic E-state index is 5.64. The molecular weight excluding hydrogens is 244 g/mol. The molecule has 0 aromatic heterocycles. The minimum Gasteiger partial charge on any atom is -0.497 e. The lowest BCUT2D eigenvalue weighted by Gasteiger charge is -2.20. The molecule has 0 saturated heterocycles. The monoisotopic (exact) mass is 254 g/mol. The van der Waals surface area contributed by atoms with Gasteiger partial charge in [0, 0.05) is 10.0 Å². The number of fused-ring (bicyclic) bond motifs is 1. The molecule has 1 aliphatic rings. The van der Waals surface area contributed by atoms with Gasteiger partial charge in [0.1, 0.15) is 17.6 Å². The second-order valence-electron chi connectivity index (χ2n) is 3.20. The topological polar surface area (TPSA) is 18.5 Å². The molecule has 2 rings (SSSR count). The molecule has 0 spiro atoms. The normalized spacial score (nSPS) is 19.4. The second-order valence-corrected chi connectivity index (χ2v) is 4.05. The summed E-state index contributed by atoms with van der Waals surface area (Å²) in [6.45, 7) is 2.01. The molecule has 0 amide bonds. The Bertz CT molecular complexity index is 385. The molecule has 3 heteroatoms. The summed E-state index contributed by atoms with van der Waals surface area (Å²) in [4.78, 5) is 0. The van der Waals surface area contributed by atoms with E-state index < -0.39 is 0 Å². The van der Waals surface area contributed by atoms with Crippen molar-refractivity contribution in [2.75, 3.05) is 7.11 Å². The van der Waals surface area contributed by atoms with E-state index in [1.807, 2.05) is 31.2 Å². The molecule has 0 radical (unpaired) electrons. The van der Waals surface area contributed by atoms with E-state index >= 15 is 0 Å². The Labute approximate surface area is 91.7 Å². The Morgan fingerprint density at radius 1 is 1.43 bits per heavy atom. The molecule has 1 heterocycles. The zero-order chi connectivity index (χ0) is 10.1. The van der Waals surface area contributed by atoms with Crippen LogP contribution in [0.2, 0.25) is 0 Å². The maximum Gasteiger partial charge on any atom is 0.128 e. The molecule has 1 unspecified atom stereocenters. The van der Waals surface area contributed by atoms with Crippen LogP contribution >= 0.6 is 15.9 Å². The number of rotatable bonds is 1. The lowest BCUT2D eigenvalue weighted by atomic mass is 10.1. The largest absolute Gasteiger partial charge is 0.497 e. The van der Waals surface area contributed by atoms with Gasteiger partial charge in [0.15, 0.2) is 0 Å². The van der Waals surface area contributed by atoms with Gasteiger partial charge in [-0.2, -0.15) is 0 Å². The molecule has 1 atom stereocenters. The third-order valence-electron chi connectivity index (χ3n) is 2.14. The summed E-state index contributed by atoms with van der Waals surface area (Å²) in [7, 11) is 1.66. The van der Waals surface area contributed by atoms with Crippen molar-refractivity contribution in [3.8, 4) is 11.5 Å². The quantitative estimate of drug-likeness (QED) is 0.767. The van der Waals surface area contributed by atoms with Crippen LogP contribution < -0.4 is 9.47 Å². The highest BCUT2D eigenvalue weighted by atomic mass is 79.9. The first-order valence-corrected chi connectivity index (χ1v) is 5.22. The van der Waals surface area contributed by atoms with E-state index in [0.717, 1.165) is 21.5 Å². The smallest absolute Gasteiger partial charge is 0.128 e. The standard InChI is InChI=1S/C11H11BrO2/c1-7-5-10(12)9-6-8(13-2)3-4-11(9)14-7/h3-7H,1-2H3. The number of ether oxygens (including phenoxy) is 2. The average Bonchev–Trinajstić information content (AvgIpc) is 2.17. The van der Waals surface area contributed by atoms with Crippen molar-refractivity contribution in [2.24, 2.45) is 0 Å². The van der Waals surface area contributed by atoms with Crippen LogP contribution in [0.5, 0.6) is 11.5 Å². The van der Waals surface area contributed by atoms with E-state index in [1.165, 1.54) is 0 Å². The predicted octanol–water partition coefficient (Wildman–Crippen LogP) is 3.21. The zero-order valence-corrected chi connectivity index (χ0v) is 9.67. The van der Waals surface area contributed by atoms with Gasteiger partial charge in [0.25, 0.3) is 0 Å². The van der Waals surface area contributed by atoms with Crippen LogP contribution in [0, 0.1) is 0 Å². The average molecular weight is 255 g/mol. The maximum absolute atomic E-state index is 5.64. The van der Waals surface area contributed by atoms with E-state index in [9.17, 15) is 0 Å². The van der Waals surface area contributed by atoms with Gasteiger partial charge in [-0.05, 0) is 31.2 Å². The number of halogens is 1. The predicted molar refractivity (Wildman–Crippen MR) is 60.0 cm³/mol. The van der Waals surface area contributed by atoms with Crippen molar-refractivity contribution in [3.05, 3.63) is 29.8 Å². The van der Waals surface area contributed by atoms with Crippen LogP contribution in [0.1, 0.15) is 12.5 Å². The number of hydrogen-bond acceptors (Lipinski definition) is 2.